The number of aliphatic carboxylic acids is 1. The van der Waals surface area contributed by atoms with Gasteiger partial charge in [-0.25, -0.2) is 4.39 Å². The molecule has 1 aromatic carbocycles. The molecule has 1 atom stereocenters. The lowest BCUT2D eigenvalue weighted by Gasteiger charge is -2.33. The highest BCUT2D eigenvalue weighted by atomic mass is 19.1. The summed E-state index contributed by atoms with van der Waals surface area (Å²) in [4.78, 5) is 15.5. The van der Waals surface area contributed by atoms with Crippen molar-refractivity contribution in [1.29, 1.82) is 0 Å². The van der Waals surface area contributed by atoms with Crippen LogP contribution in [0, 0.1) is 11.7 Å². The minimum Gasteiger partial charge on any atom is -0.481 e. The fraction of sp³-hybridized carbons (Fsp3) is 0.588. The molecule has 5 heteroatoms. The molecule has 0 saturated carbocycles. The third-order valence-electron chi connectivity index (χ3n) is 4.73. The molecular formula is C17H23FN2O2. The van der Waals surface area contributed by atoms with Gasteiger partial charge < -0.3 is 10.0 Å². The van der Waals surface area contributed by atoms with Crippen LogP contribution in [0.4, 0.5) is 10.1 Å². The van der Waals surface area contributed by atoms with Gasteiger partial charge in [-0.05, 0) is 56.5 Å². The van der Waals surface area contributed by atoms with Crippen molar-refractivity contribution in [3.05, 3.63) is 29.6 Å². The van der Waals surface area contributed by atoms with Crippen LogP contribution in [0.2, 0.25) is 0 Å². The van der Waals surface area contributed by atoms with Gasteiger partial charge in [0, 0.05) is 19.6 Å². The number of likely N-dealkylation sites (tertiary alicyclic amines) is 1. The predicted molar refractivity (Wildman–Crippen MR) is 83.5 cm³/mol. The monoisotopic (exact) mass is 306 g/mol. The maximum atomic E-state index is 14.2. The maximum Gasteiger partial charge on any atom is 0.308 e. The van der Waals surface area contributed by atoms with E-state index in [0.29, 0.717) is 18.7 Å². The third kappa shape index (κ3) is 3.40. The summed E-state index contributed by atoms with van der Waals surface area (Å²) < 4.78 is 14.2. The number of piperidine rings is 1. The first-order chi connectivity index (χ1) is 10.6. The molecule has 2 heterocycles. The average Bonchev–Trinajstić information content (AvgIpc) is 3.02. The minimum atomic E-state index is -0.779. The molecule has 0 amide bonds. The second kappa shape index (κ2) is 6.65. The SMILES string of the molecule is O=C(O)C1CCCN(c2cc(CN3CCCC3)ccc2F)C1. The first-order valence-electron chi connectivity index (χ1n) is 8.12. The topological polar surface area (TPSA) is 43.8 Å². The predicted octanol–water partition coefficient (Wildman–Crippen LogP) is 2.72. The molecule has 0 aromatic heterocycles. The van der Waals surface area contributed by atoms with Crippen LogP contribution in [0.5, 0.6) is 0 Å². The van der Waals surface area contributed by atoms with Crippen LogP contribution < -0.4 is 4.90 Å². The van der Waals surface area contributed by atoms with E-state index < -0.39 is 11.9 Å². The molecule has 2 saturated heterocycles. The number of rotatable bonds is 4. The van der Waals surface area contributed by atoms with Crippen LogP contribution in [0.3, 0.4) is 0 Å². The van der Waals surface area contributed by atoms with Crippen LogP contribution in [0.15, 0.2) is 18.2 Å². The van der Waals surface area contributed by atoms with Gasteiger partial charge in [0.2, 0.25) is 0 Å². The van der Waals surface area contributed by atoms with Gasteiger partial charge in [-0.15, -0.1) is 0 Å². The Labute approximate surface area is 130 Å². The van der Waals surface area contributed by atoms with E-state index in [1.54, 1.807) is 0 Å². The summed E-state index contributed by atoms with van der Waals surface area (Å²) in [5, 5.41) is 9.19. The van der Waals surface area contributed by atoms with E-state index in [-0.39, 0.29) is 5.82 Å². The number of benzene rings is 1. The molecular weight excluding hydrogens is 283 g/mol. The fourth-order valence-electron chi connectivity index (χ4n) is 3.50. The molecule has 2 aliphatic heterocycles. The van der Waals surface area contributed by atoms with Gasteiger partial charge in [0.05, 0.1) is 11.6 Å². The number of carboxylic acid groups (broad SMARTS) is 1. The second-order valence-corrected chi connectivity index (χ2v) is 6.39. The Kier molecular flexibility index (Phi) is 4.62. The standard InChI is InChI=1S/C17H23FN2O2/c18-15-6-5-13(11-19-7-1-2-8-19)10-16(15)20-9-3-4-14(12-20)17(21)22/h5-6,10,14H,1-4,7-9,11-12H2,(H,21,22). The smallest absolute Gasteiger partial charge is 0.308 e. The number of halogens is 1. The lowest BCUT2D eigenvalue weighted by molar-refractivity contribution is -0.141. The number of anilines is 1. The molecule has 2 aliphatic rings. The molecule has 0 spiro atoms. The normalized spacial score (nSPS) is 23.0. The van der Waals surface area contributed by atoms with Crippen molar-refractivity contribution in [3.63, 3.8) is 0 Å². The number of carbonyl (C=O) groups is 1. The van der Waals surface area contributed by atoms with Crippen molar-refractivity contribution in [2.45, 2.75) is 32.2 Å². The lowest BCUT2D eigenvalue weighted by atomic mass is 9.97. The molecule has 3 rings (SSSR count). The van der Waals surface area contributed by atoms with Gasteiger partial charge >= 0.3 is 5.97 Å². The Balaban J connectivity index is 1.75. The van der Waals surface area contributed by atoms with Crippen molar-refractivity contribution >= 4 is 11.7 Å². The van der Waals surface area contributed by atoms with Crippen LogP contribution in [-0.2, 0) is 11.3 Å². The highest BCUT2D eigenvalue weighted by Crippen LogP contribution is 2.27. The number of nitrogens with zero attached hydrogens (tertiary/aromatic N) is 2. The molecule has 0 radical (unpaired) electrons. The van der Waals surface area contributed by atoms with Crippen LogP contribution >= 0.6 is 0 Å². The first-order valence-corrected chi connectivity index (χ1v) is 8.12. The lowest BCUT2D eigenvalue weighted by Crippen LogP contribution is -2.39. The first kappa shape index (κ1) is 15.3. The summed E-state index contributed by atoms with van der Waals surface area (Å²) in [6.07, 6.45) is 3.95. The van der Waals surface area contributed by atoms with Gasteiger partial charge in [0.1, 0.15) is 5.82 Å². The third-order valence-corrected chi connectivity index (χ3v) is 4.73. The van der Waals surface area contributed by atoms with Crippen LogP contribution in [0.25, 0.3) is 0 Å². The molecule has 1 aromatic rings. The zero-order chi connectivity index (χ0) is 15.5. The summed E-state index contributed by atoms with van der Waals surface area (Å²) in [5.41, 5.74) is 1.67. The molecule has 22 heavy (non-hydrogen) atoms. The molecule has 1 unspecified atom stereocenters. The molecule has 2 fully saturated rings. The van der Waals surface area contributed by atoms with Crippen LogP contribution in [0.1, 0.15) is 31.2 Å². The van der Waals surface area contributed by atoms with E-state index in [0.717, 1.165) is 38.2 Å². The van der Waals surface area contributed by atoms with Crippen molar-refractivity contribution in [2.75, 3.05) is 31.1 Å². The van der Waals surface area contributed by atoms with E-state index in [1.807, 2.05) is 17.0 Å². The zero-order valence-electron chi connectivity index (χ0n) is 12.8. The Morgan fingerprint density at radius 2 is 2.00 bits per heavy atom. The summed E-state index contributed by atoms with van der Waals surface area (Å²) >= 11 is 0. The van der Waals surface area contributed by atoms with Crippen molar-refractivity contribution in [1.82, 2.24) is 4.90 Å². The van der Waals surface area contributed by atoms with E-state index in [2.05, 4.69) is 4.90 Å². The number of carboxylic acids is 1. The van der Waals surface area contributed by atoms with Gasteiger partial charge in [-0.1, -0.05) is 6.07 Å². The van der Waals surface area contributed by atoms with Crippen molar-refractivity contribution < 1.29 is 14.3 Å². The van der Waals surface area contributed by atoms with Crippen molar-refractivity contribution in [3.8, 4) is 0 Å². The summed E-state index contributed by atoms with van der Waals surface area (Å²) in [7, 11) is 0. The average molecular weight is 306 g/mol. The summed E-state index contributed by atoms with van der Waals surface area (Å²) in [6.45, 7) is 4.20. The van der Waals surface area contributed by atoms with E-state index in [4.69, 9.17) is 0 Å². The van der Waals surface area contributed by atoms with E-state index in [1.165, 1.54) is 18.9 Å². The minimum absolute atomic E-state index is 0.254. The number of hydrogen-bond acceptors (Lipinski definition) is 3. The molecule has 0 bridgehead atoms. The summed E-state index contributed by atoms with van der Waals surface area (Å²) in [5.74, 6) is -1.43. The molecule has 1 N–H and O–H groups in total. The van der Waals surface area contributed by atoms with Gasteiger partial charge in [0.25, 0.3) is 0 Å². The van der Waals surface area contributed by atoms with E-state index >= 15 is 0 Å². The molecule has 4 nitrogen and oxygen atoms in total. The highest BCUT2D eigenvalue weighted by molar-refractivity contribution is 5.71. The zero-order valence-corrected chi connectivity index (χ0v) is 12.8. The number of hydrogen-bond donors (Lipinski definition) is 1. The fourth-order valence-corrected chi connectivity index (χ4v) is 3.50. The maximum absolute atomic E-state index is 14.2. The van der Waals surface area contributed by atoms with Gasteiger partial charge in [0.15, 0.2) is 0 Å². The molecule has 120 valence electrons. The van der Waals surface area contributed by atoms with Gasteiger partial charge in [-0.3, -0.25) is 9.69 Å². The highest BCUT2D eigenvalue weighted by Gasteiger charge is 2.27. The molecule has 0 aliphatic carbocycles. The largest absolute Gasteiger partial charge is 0.481 e. The van der Waals surface area contributed by atoms with Crippen molar-refractivity contribution in [2.24, 2.45) is 5.92 Å². The Hall–Kier alpha value is -1.62. The van der Waals surface area contributed by atoms with E-state index in [9.17, 15) is 14.3 Å². The summed E-state index contributed by atoms with van der Waals surface area (Å²) in [6, 6.07) is 5.26. The second-order valence-electron chi connectivity index (χ2n) is 6.39. The Morgan fingerprint density at radius 1 is 1.23 bits per heavy atom. The quantitative estimate of drug-likeness (QED) is 0.929. The Bertz CT molecular complexity index is 543. The van der Waals surface area contributed by atoms with Crippen LogP contribution in [-0.4, -0.2) is 42.2 Å². The Morgan fingerprint density at radius 3 is 2.73 bits per heavy atom. The van der Waals surface area contributed by atoms with Gasteiger partial charge in [-0.2, -0.15) is 0 Å².